The van der Waals surface area contributed by atoms with E-state index in [9.17, 15) is 4.79 Å². The third kappa shape index (κ3) is 6.05. The number of benzene rings is 1. The van der Waals surface area contributed by atoms with Gasteiger partial charge < -0.3 is 0 Å². The van der Waals surface area contributed by atoms with E-state index in [2.05, 4.69) is 13.0 Å². The number of hydrogen-bond acceptors (Lipinski definition) is 1. The Balaban J connectivity index is 1.68. The van der Waals surface area contributed by atoms with Crippen LogP contribution in [-0.4, -0.2) is 10.5 Å². The first kappa shape index (κ1) is 17.5. The summed E-state index contributed by atoms with van der Waals surface area (Å²) in [5, 5.41) is 0. The van der Waals surface area contributed by atoms with Gasteiger partial charge in [0.25, 0.3) is 5.91 Å². The Morgan fingerprint density at radius 3 is 2.22 bits per heavy atom. The lowest BCUT2D eigenvalue weighted by atomic mass is 10.1. The minimum atomic E-state index is 0.0489. The maximum absolute atomic E-state index is 12.3. The van der Waals surface area contributed by atoms with Crippen LogP contribution in [0.3, 0.4) is 0 Å². The highest BCUT2D eigenvalue weighted by atomic mass is 16.2. The van der Waals surface area contributed by atoms with Crippen LogP contribution in [0.1, 0.15) is 74.2 Å². The highest BCUT2D eigenvalue weighted by molar-refractivity contribution is 5.95. The summed E-state index contributed by atoms with van der Waals surface area (Å²) >= 11 is 0. The molecule has 2 nitrogen and oxygen atoms in total. The van der Waals surface area contributed by atoms with Gasteiger partial charge in [0, 0.05) is 18.0 Å². The van der Waals surface area contributed by atoms with Crippen molar-refractivity contribution in [1.29, 1.82) is 0 Å². The quantitative estimate of drug-likeness (QED) is 0.504. The van der Waals surface area contributed by atoms with Crippen LogP contribution in [0.15, 0.2) is 48.8 Å². The van der Waals surface area contributed by atoms with Crippen LogP contribution in [-0.2, 0) is 6.42 Å². The van der Waals surface area contributed by atoms with Crippen LogP contribution in [0.5, 0.6) is 0 Å². The smallest absolute Gasteiger partial charge is 0.261 e. The van der Waals surface area contributed by atoms with Crippen molar-refractivity contribution in [3.63, 3.8) is 0 Å². The minimum absolute atomic E-state index is 0.0489. The monoisotopic (exact) mass is 311 g/mol. The predicted octanol–water partition coefficient (Wildman–Crippen LogP) is 5.86. The van der Waals surface area contributed by atoms with Crippen molar-refractivity contribution in [2.75, 3.05) is 0 Å². The number of hydrogen-bond donors (Lipinski definition) is 0. The summed E-state index contributed by atoms with van der Waals surface area (Å²) in [5.41, 5.74) is 2.00. The van der Waals surface area contributed by atoms with Crippen molar-refractivity contribution in [2.24, 2.45) is 0 Å². The SMILES string of the molecule is CCCCCCCCCCc1ccn(C(=O)c2ccccc2)c1. The fourth-order valence-electron chi connectivity index (χ4n) is 2.91. The lowest BCUT2D eigenvalue weighted by Crippen LogP contribution is -2.09. The van der Waals surface area contributed by atoms with E-state index in [0.717, 1.165) is 12.0 Å². The highest BCUT2D eigenvalue weighted by Gasteiger charge is 2.07. The van der Waals surface area contributed by atoms with Gasteiger partial charge in [-0.1, -0.05) is 70.1 Å². The maximum Gasteiger partial charge on any atom is 0.261 e. The first-order valence-electron chi connectivity index (χ1n) is 9.08. The summed E-state index contributed by atoms with van der Waals surface area (Å²) in [5.74, 6) is 0.0489. The molecule has 0 aliphatic rings. The van der Waals surface area contributed by atoms with Crippen LogP contribution in [0.2, 0.25) is 0 Å². The molecule has 2 rings (SSSR count). The molecule has 0 spiro atoms. The van der Waals surface area contributed by atoms with Gasteiger partial charge in [0.2, 0.25) is 0 Å². The number of aromatic nitrogens is 1. The van der Waals surface area contributed by atoms with E-state index in [1.165, 1.54) is 56.9 Å². The molecule has 0 N–H and O–H groups in total. The van der Waals surface area contributed by atoms with Gasteiger partial charge in [0.05, 0.1) is 0 Å². The molecule has 0 saturated heterocycles. The fourth-order valence-corrected chi connectivity index (χ4v) is 2.91. The molecule has 2 heteroatoms. The second kappa shape index (κ2) is 10.0. The highest BCUT2D eigenvalue weighted by Crippen LogP contribution is 2.12. The molecule has 1 aromatic carbocycles. The molecular formula is C21H29NO. The zero-order chi connectivity index (χ0) is 16.3. The zero-order valence-electron chi connectivity index (χ0n) is 14.3. The summed E-state index contributed by atoms with van der Waals surface area (Å²) in [6, 6.07) is 11.5. The number of aryl methyl sites for hydroxylation is 1. The number of rotatable bonds is 10. The molecule has 0 saturated carbocycles. The maximum atomic E-state index is 12.3. The molecule has 0 atom stereocenters. The number of carbonyl (C=O) groups is 1. The molecule has 0 bridgehead atoms. The van der Waals surface area contributed by atoms with Gasteiger partial charge in [-0.05, 0) is 36.6 Å². The van der Waals surface area contributed by atoms with E-state index in [0.29, 0.717) is 0 Å². The Labute approximate surface area is 140 Å². The van der Waals surface area contributed by atoms with Gasteiger partial charge >= 0.3 is 0 Å². The summed E-state index contributed by atoms with van der Waals surface area (Å²) in [4.78, 5) is 12.3. The summed E-state index contributed by atoms with van der Waals surface area (Å²) in [7, 11) is 0. The Hall–Kier alpha value is -1.83. The molecule has 0 amide bonds. The molecule has 23 heavy (non-hydrogen) atoms. The van der Waals surface area contributed by atoms with E-state index >= 15 is 0 Å². The third-order valence-corrected chi connectivity index (χ3v) is 4.33. The van der Waals surface area contributed by atoms with Crippen molar-refractivity contribution in [1.82, 2.24) is 4.57 Å². The number of carbonyl (C=O) groups excluding carboxylic acids is 1. The second-order valence-electron chi connectivity index (χ2n) is 6.32. The van der Waals surface area contributed by atoms with Gasteiger partial charge in [-0.2, -0.15) is 0 Å². The van der Waals surface area contributed by atoms with Gasteiger partial charge in [-0.15, -0.1) is 0 Å². The Morgan fingerprint density at radius 1 is 0.870 bits per heavy atom. The van der Waals surface area contributed by atoms with E-state index < -0.39 is 0 Å². The van der Waals surface area contributed by atoms with Crippen molar-refractivity contribution < 1.29 is 4.79 Å². The van der Waals surface area contributed by atoms with E-state index in [-0.39, 0.29) is 5.91 Å². The summed E-state index contributed by atoms with van der Waals surface area (Å²) < 4.78 is 1.70. The molecular weight excluding hydrogens is 282 g/mol. The normalized spacial score (nSPS) is 10.8. The second-order valence-corrected chi connectivity index (χ2v) is 6.32. The van der Waals surface area contributed by atoms with Crippen molar-refractivity contribution in [3.05, 3.63) is 59.9 Å². The molecule has 0 aliphatic heterocycles. The fraction of sp³-hybridized carbons (Fsp3) is 0.476. The largest absolute Gasteiger partial charge is 0.290 e. The van der Waals surface area contributed by atoms with Gasteiger partial charge in [-0.3, -0.25) is 9.36 Å². The van der Waals surface area contributed by atoms with Gasteiger partial charge in [0.15, 0.2) is 0 Å². The van der Waals surface area contributed by atoms with E-state index in [4.69, 9.17) is 0 Å². The Bertz CT molecular complexity index is 571. The molecule has 124 valence electrons. The van der Waals surface area contributed by atoms with Crippen molar-refractivity contribution >= 4 is 5.91 Å². The topological polar surface area (TPSA) is 22.0 Å². The molecule has 0 unspecified atom stereocenters. The number of unbranched alkanes of at least 4 members (excludes halogenated alkanes) is 7. The zero-order valence-corrected chi connectivity index (χ0v) is 14.3. The Morgan fingerprint density at radius 2 is 1.52 bits per heavy atom. The van der Waals surface area contributed by atoms with Crippen LogP contribution < -0.4 is 0 Å². The van der Waals surface area contributed by atoms with Gasteiger partial charge in [0.1, 0.15) is 0 Å². The van der Waals surface area contributed by atoms with Crippen LogP contribution in [0, 0.1) is 0 Å². The van der Waals surface area contributed by atoms with E-state index in [1.807, 2.05) is 42.7 Å². The average Bonchev–Trinajstić information content (AvgIpc) is 3.06. The molecule has 0 fully saturated rings. The lowest BCUT2D eigenvalue weighted by Gasteiger charge is -2.02. The number of nitrogens with zero attached hydrogens (tertiary/aromatic N) is 1. The van der Waals surface area contributed by atoms with Crippen molar-refractivity contribution in [2.45, 2.75) is 64.7 Å². The first-order valence-corrected chi connectivity index (χ1v) is 9.08. The van der Waals surface area contributed by atoms with Gasteiger partial charge in [-0.25, -0.2) is 0 Å². The molecule has 0 aliphatic carbocycles. The standard InChI is InChI=1S/C21H29NO/c1-2-3-4-5-6-7-8-10-13-19-16-17-22(18-19)21(23)20-14-11-9-12-15-20/h9,11-12,14-18H,2-8,10,13H2,1H3. The predicted molar refractivity (Wildman–Crippen MR) is 96.9 cm³/mol. The average molecular weight is 311 g/mol. The van der Waals surface area contributed by atoms with E-state index in [1.54, 1.807) is 4.57 Å². The molecule has 1 aromatic heterocycles. The summed E-state index contributed by atoms with van der Waals surface area (Å²) in [6.45, 7) is 2.26. The molecule has 1 heterocycles. The lowest BCUT2D eigenvalue weighted by molar-refractivity contribution is 0.0960. The molecule has 2 aromatic rings. The van der Waals surface area contributed by atoms with Crippen molar-refractivity contribution in [3.8, 4) is 0 Å². The minimum Gasteiger partial charge on any atom is -0.290 e. The summed E-state index contributed by atoms with van der Waals surface area (Å²) in [6.07, 6.45) is 15.6. The van der Waals surface area contributed by atoms with Crippen LogP contribution in [0.25, 0.3) is 0 Å². The van der Waals surface area contributed by atoms with Crippen LogP contribution in [0.4, 0.5) is 0 Å². The third-order valence-electron chi connectivity index (χ3n) is 4.33. The molecule has 0 radical (unpaired) electrons. The van der Waals surface area contributed by atoms with Crippen LogP contribution >= 0.6 is 0 Å². The first-order chi connectivity index (χ1) is 11.3. The Kier molecular flexibility index (Phi) is 7.65.